The fraction of sp³-hybridized carbons (Fsp3) is 0.688. The molecule has 0 aliphatic carbocycles. The Hall–Kier alpha value is -2.02. The van der Waals surface area contributed by atoms with Crippen molar-refractivity contribution in [3.05, 3.63) is 16.7 Å². The van der Waals surface area contributed by atoms with E-state index in [1.165, 1.54) is 0 Å². The molecule has 0 aromatic carbocycles. The lowest BCUT2D eigenvalue weighted by Crippen LogP contribution is -2.65. The number of hydrogen-bond donors (Lipinski definition) is 9. The number of H-pyrrole nitrogens is 1. The van der Waals surface area contributed by atoms with Crippen LogP contribution in [0.3, 0.4) is 0 Å². The van der Waals surface area contributed by atoms with Gasteiger partial charge in [0.25, 0.3) is 5.56 Å². The van der Waals surface area contributed by atoms with Gasteiger partial charge in [0.05, 0.1) is 19.5 Å². The Bertz CT molecular complexity index is 1180. The summed E-state index contributed by atoms with van der Waals surface area (Å²) in [6.07, 6.45) is -9.41. The molecule has 0 bridgehead atoms. The van der Waals surface area contributed by atoms with Crippen molar-refractivity contribution in [3.63, 3.8) is 0 Å². The molecular weight excluding hydrogens is 485 g/mol. The summed E-state index contributed by atoms with van der Waals surface area (Å²) in [7, 11) is -5.43. The highest BCUT2D eigenvalue weighted by Gasteiger charge is 2.74. The Kier molecular flexibility index (Phi) is 6.11. The normalized spacial score (nSPS) is 38.7. The first-order chi connectivity index (χ1) is 15.8. The molecule has 0 saturated carbocycles. The van der Waals surface area contributed by atoms with Crippen molar-refractivity contribution in [2.24, 2.45) is 0 Å². The topological polar surface area (TPSA) is 276 Å². The number of aromatic nitrogens is 4. The van der Waals surface area contributed by atoms with Crippen LogP contribution in [0.1, 0.15) is 6.92 Å². The summed E-state index contributed by atoms with van der Waals surface area (Å²) in [5, 5.41) is 51.6. The number of imidazole rings is 1. The van der Waals surface area contributed by atoms with E-state index in [4.69, 9.17) is 19.7 Å². The number of fused-ring (bicyclic) bond motifs is 1. The molecule has 2 aliphatic rings. The standard InChI is InChI=1S/C16H24N5O12P/c1-15(33-34(28,29)30)10(26)6(3-23)32-16(15,11-9(25)8(24)5(2-22)31-11)21-4-18-7-12(21)19-14(17)20-13(7)27/h4-6,8-11,22-26H,2-3H2,1H3,(H2,28,29,30)(H3,17,19,20,27)/t5-,6-,8+,9-,10-,11?,15-,16-/m1/s1. The van der Waals surface area contributed by atoms with E-state index in [-0.39, 0.29) is 17.1 Å². The van der Waals surface area contributed by atoms with Gasteiger partial charge in [-0.1, -0.05) is 0 Å². The molecule has 2 saturated heterocycles. The zero-order valence-corrected chi connectivity index (χ0v) is 18.4. The molecule has 34 heavy (non-hydrogen) atoms. The quantitative estimate of drug-likeness (QED) is 0.166. The van der Waals surface area contributed by atoms with E-state index in [9.17, 15) is 44.7 Å². The summed E-state index contributed by atoms with van der Waals surface area (Å²) in [6.45, 7) is -0.660. The van der Waals surface area contributed by atoms with Crippen LogP contribution in [0.2, 0.25) is 0 Å². The van der Waals surface area contributed by atoms with Gasteiger partial charge in [-0.25, -0.2) is 9.55 Å². The number of aliphatic hydroxyl groups is 5. The number of rotatable bonds is 6. The van der Waals surface area contributed by atoms with Gasteiger partial charge in [0, 0.05) is 0 Å². The van der Waals surface area contributed by atoms with E-state index < -0.39 is 74.5 Å². The van der Waals surface area contributed by atoms with Crippen LogP contribution in [-0.2, 0) is 24.3 Å². The maximum atomic E-state index is 12.4. The highest BCUT2D eigenvalue weighted by molar-refractivity contribution is 7.46. The van der Waals surface area contributed by atoms with Crippen LogP contribution in [0.4, 0.5) is 5.95 Å². The van der Waals surface area contributed by atoms with E-state index in [0.717, 1.165) is 17.8 Å². The fourth-order valence-electron chi connectivity index (χ4n) is 4.66. The van der Waals surface area contributed by atoms with Gasteiger partial charge in [-0.05, 0) is 6.92 Å². The molecule has 2 fully saturated rings. The lowest BCUT2D eigenvalue weighted by molar-refractivity contribution is -0.255. The third-order valence-electron chi connectivity index (χ3n) is 6.16. The number of ether oxygens (including phenoxy) is 2. The van der Waals surface area contributed by atoms with E-state index in [0.29, 0.717) is 0 Å². The Morgan fingerprint density at radius 3 is 2.44 bits per heavy atom. The highest BCUT2D eigenvalue weighted by Crippen LogP contribution is 2.57. The number of aromatic amines is 1. The Morgan fingerprint density at radius 2 is 1.88 bits per heavy atom. The Labute approximate surface area is 189 Å². The summed E-state index contributed by atoms with van der Waals surface area (Å²) in [6, 6.07) is 0. The molecule has 1 unspecified atom stereocenters. The molecule has 2 aliphatic heterocycles. The van der Waals surface area contributed by atoms with Crippen LogP contribution in [0.5, 0.6) is 0 Å². The number of aliphatic hydroxyl groups excluding tert-OH is 5. The lowest BCUT2D eigenvalue weighted by Gasteiger charge is -2.46. The molecule has 2 aromatic heterocycles. The average molecular weight is 509 g/mol. The van der Waals surface area contributed by atoms with Gasteiger partial charge >= 0.3 is 7.82 Å². The minimum atomic E-state index is -5.43. The summed E-state index contributed by atoms with van der Waals surface area (Å²) >= 11 is 0. The number of nitrogens with two attached hydrogens (primary N) is 1. The van der Waals surface area contributed by atoms with Crippen molar-refractivity contribution in [1.82, 2.24) is 19.5 Å². The summed E-state index contributed by atoms with van der Waals surface area (Å²) in [5.41, 5.74) is -0.873. The second-order valence-corrected chi connectivity index (χ2v) is 9.33. The third-order valence-corrected chi connectivity index (χ3v) is 6.78. The summed E-state index contributed by atoms with van der Waals surface area (Å²) in [5.74, 6) is -0.384. The van der Waals surface area contributed by atoms with Gasteiger partial charge in [0.1, 0.15) is 36.6 Å². The molecule has 0 spiro atoms. The Balaban J connectivity index is 2.08. The van der Waals surface area contributed by atoms with Gasteiger partial charge in [0.2, 0.25) is 11.7 Å². The summed E-state index contributed by atoms with van der Waals surface area (Å²) in [4.78, 5) is 41.8. The van der Waals surface area contributed by atoms with Crippen LogP contribution in [0, 0.1) is 0 Å². The van der Waals surface area contributed by atoms with Crippen molar-refractivity contribution >= 4 is 24.9 Å². The fourth-order valence-corrected chi connectivity index (χ4v) is 5.39. The van der Waals surface area contributed by atoms with E-state index in [1.54, 1.807) is 0 Å². The zero-order chi connectivity index (χ0) is 25.2. The van der Waals surface area contributed by atoms with Crippen molar-refractivity contribution in [2.45, 2.75) is 54.9 Å². The van der Waals surface area contributed by atoms with Crippen LogP contribution in [0.25, 0.3) is 11.2 Å². The summed E-state index contributed by atoms with van der Waals surface area (Å²) < 4.78 is 29.4. The molecule has 17 nitrogen and oxygen atoms in total. The van der Waals surface area contributed by atoms with E-state index >= 15 is 0 Å². The van der Waals surface area contributed by atoms with Gasteiger partial charge in [-0.3, -0.25) is 18.9 Å². The van der Waals surface area contributed by atoms with Crippen molar-refractivity contribution in [2.75, 3.05) is 18.9 Å². The first-order valence-electron chi connectivity index (χ1n) is 9.89. The first-order valence-corrected chi connectivity index (χ1v) is 11.4. The molecule has 4 heterocycles. The minimum Gasteiger partial charge on any atom is -0.394 e. The number of hydrogen-bond acceptors (Lipinski definition) is 13. The van der Waals surface area contributed by atoms with Gasteiger partial charge < -0.3 is 50.5 Å². The van der Waals surface area contributed by atoms with Crippen molar-refractivity contribution in [3.8, 4) is 0 Å². The van der Waals surface area contributed by atoms with Gasteiger partial charge in [-0.2, -0.15) is 4.98 Å². The highest BCUT2D eigenvalue weighted by atomic mass is 31.2. The third kappa shape index (κ3) is 3.49. The Morgan fingerprint density at radius 1 is 1.24 bits per heavy atom. The maximum Gasteiger partial charge on any atom is 0.470 e. The number of nitrogens with zero attached hydrogens (tertiary/aromatic N) is 3. The molecular formula is C16H24N5O12P. The van der Waals surface area contributed by atoms with E-state index in [1.807, 2.05) is 0 Å². The van der Waals surface area contributed by atoms with Crippen molar-refractivity contribution < 1.29 is 53.9 Å². The second-order valence-electron chi connectivity index (χ2n) is 8.17. The second kappa shape index (κ2) is 8.28. The predicted octanol–water partition coefficient (Wildman–Crippen LogP) is -4.54. The molecule has 0 radical (unpaired) electrons. The number of anilines is 1. The first kappa shape index (κ1) is 25.1. The molecule has 190 valence electrons. The largest absolute Gasteiger partial charge is 0.470 e. The maximum absolute atomic E-state index is 12.4. The SMILES string of the molecule is C[C@@]1(OP(=O)(O)O)[C@H](O)[C@@H](CO)O[C@@]1(C1O[C@H](CO)[C@H](O)[C@H]1O)n1cnc2c(=O)[nH]c(N)nc21. The van der Waals surface area contributed by atoms with Crippen LogP contribution in [0.15, 0.2) is 11.1 Å². The predicted molar refractivity (Wildman–Crippen MR) is 108 cm³/mol. The van der Waals surface area contributed by atoms with Gasteiger partial charge in [0.15, 0.2) is 16.8 Å². The lowest BCUT2D eigenvalue weighted by atomic mass is 9.81. The number of phosphoric ester groups is 1. The minimum absolute atomic E-state index is 0.315. The molecule has 10 N–H and O–H groups in total. The van der Waals surface area contributed by atoms with Gasteiger partial charge in [-0.15, -0.1) is 0 Å². The molecule has 2 aromatic rings. The van der Waals surface area contributed by atoms with Crippen LogP contribution < -0.4 is 11.3 Å². The van der Waals surface area contributed by atoms with Crippen LogP contribution in [-0.4, -0.2) is 110 Å². The monoisotopic (exact) mass is 509 g/mol. The number of phosphoric acid groups is 1. The molecule has 4 rings (SSSR count). The van der Waals surface area contributed by atoms with Crippen LogP contribution >= 0.6 is 7.82 Å². The molecule has 18 heteroatoms. The average Bonchev–Trinajstić information content (AvgIpc) is 3.35. The number of nitrogens with one attached hydrogen (secondary N) is 1. The van der Waals surface area contributed by atoms with E-state index in [2.05, 4.69) is 15.0 Å². The molecule has 0 amide bonds. The molecule has 8 atom stereocenters. The van der Waals surface area contributed by atoms with Crippen molar-refractivity contribution in [1.29, 1.82) is 0 Å². The zero-order valence-electron chi connectivity index (χ0n) is 17.5. The smallest absolute Gasteiger partial charge is 0.394 e. The number of nitrogen functional groups attached to an aromatic ring is 1.